The van der Waals surface area contributed by atoms with E-state index in [1.807, 2.05) is 6.07 Å². The molecule has 0 radical (unpaired) electrons. The van der Waals surface area contributed by atoms with Crippen LogP contribution in [0.5, 0.6) is 5.75 Å². The molecule has 1 aromatic rings. The minimum atomic E-state index is 0.411. The van der Waals surface area contributed by atoms with Crippen LogP contribution in [0.2, 0.25) is 0 Å². The van der Waals surface area contributed by atoms with Gasteiger partial charge in [-0.25, -0.2) is 0 Å². The van der Waals surface area contributed by atoms with E-state index in [9.17, 15) is 0 Å². The molecule has 3 nitrogen and oxygen atoms in total. The van der Waals surface area contributed by atoms with E-state index in [0.29, 0.717) is 18.1 Å². The first-order chi connectivity index (χ1) is 9.22. The zero-order valence-corrected chi connectivity index (χ0v) is 12.7. The van der Waals surface area contributed by atoms with Gasteiger partial charge >= 0.3 is 0 Å². The van der Waals surface area contributed by atoms with E-state index >= 15 is 0 Å². The van der Waals surface area contributed by atoms with Crippen LogP contribution in [0.4, 0.5) is 0 Å². The van der Waals surface area contributed by atoms with E-state index in [2.05, 4.69) is 33.4 Å². The molecule has 1 aliphatic heterocycles. The van der Waals surface area contributed by atoms with Crippen LogP contribution < -0.4 is 15.8 Å². The Kier molecular flexibility index (Phi) is 4.10. The van der Waals surface area contributed by atoms with Gasteiger partial charge in [-0.3, -0.25) is 0 Å². The zero-order chi connectivity index (χ0) is 13.2. The Balaban J connectivity index is 1.71. The molecule has 1 fully saturated rings. The van der Waals surface area contributed by atoms with Crippen molar-refractivity contribution in [2.45, 2.75) is 50.2 Å². The van der Waals surface area contributed by atoms with Crippen LogP contribution in [0.15, 0.2) is 22.7 Å². The molecule has 0 amide bonds. The van der Waals surface area contributed by atoms with Crippen molar-refractivity contribution in [3.8, 4) is 5.75 Å². The van der Waals surface area contributed by atoms with Gasteiger partial charge in [0.15, 0.2) is 0 Å². The maximum Gasteiger partial charge on any atom is 0.124 e. The number of ether oxygens (including phenoxy) is 1. The van der Waals surface area contributed by atoms with Crippen LogP contribution in [0, 0.1) is 0 Å². The topological polar surface area (TPSA) is 47.3 Å². The summed E-state index contributed by atoms with van der Waals surface area (Å²) in [6, 6.07) is 7.72. The van der Waals surface area contributed by atoms with Gasteiger partial charge in [0.1, 0.15) is 5.75 Å². The van der Waals surface area contributed by atoms with E-state index in [1.165, 1.54) is 18.4 Å². The molecule has 0 saturated heterocycles. The van der Waals surface area contributed by atoms with Gasteiger partial charge in [-0.05, 0) is 43.9 Å². The molecule has 3 rings (SSSR count). The molecule has 1 saturated carbocycles. The number of hydrogen-bond acceptors (Lipinski definition) is 3. The highest BCUT2D eigenvalue weighted by Gasteiger charge is 2.26. The lowest BCUT2D eigenvalue weighted by Gasteiger charge is -2.33. The number of halogens is 1. The molecule has 0 spiro atoms. The third-order valence-corrected chi connectivity index (χ3v) is 4.71. The first-order valence-electron chi connectivity index (χ1n) is 7.16. The fraction of sp³-hybridized carbons (Fsp3) is 0.600. The van der Waals surface area contributed by atoms with Crippen molar-refractivity contribution in [1.82, 2.24) is 5.32 Å². The fourth-order valence-electron chi connectivity index (χ4n) is 3.11. The number of nitrogens with one attached hydrogen (secondary N) is 1. The smallest absolute Gasteiger partial charge is 0.124 e. The Hall–Kier alpha value is -0.580. The summed E-state index contributed by atoms with van der Waals surface area (Å²) < 4.78 is 6.85. The van der Waals surface area contributed by atoms with E-state index in [0.717, 1.165) is 36.1 Å². The number of hydrogen-bond donors (Lipinski definition) is 2. The molecule has 19 heavy (non-hydrogen) atoms. The van der Waals surface area contributed by atoms with Gasteiger partial charge in [-0.15, -0.1) is 0 Å². The molecule has 3 N–H and O–H groups in total. The molecular weight excluding hydrogens is 304 g/mol. The van der Waals surface area contributed by atoms with Crippen molar-refractivity contribution in [2.24, 2.45) is 5.73 Å². The van der Waals surface area contributed by atoms with Gasteiger partial charge in [-0.1, -0.05) is 15.9 Å². The molecule has 4 heteroatoms. The second-order valence-electron chi connectivity index (χ2n) is 5.65. The fourth-order valence-corrected chi connectivity index (χ4v) is 3.49. The summed E-state index contributed by atoms with van der Waals surface area (Å²) in [4.78, 5) is 0. The Morgan fingerprint density at radius 3 is 2.74 bits per heavy atom. The lowest BCUT2D eigenvalue weighted by molar-refractivity contribution is 0.229. The molecule has 1 unspecified atom stereocenters. The predicted molar refractivity (Wildman–Crippen MR) is 80.4 cm³/mol. The number of nitrogens with two attached hydrogens (primary N) is 1. The number of benzene rings is 1. The van der Waals surface area contributed by atoms with Gasteiger partial charge < -0.3 is 15.8 Å². The minimum Gasteiger partial charge on any atom is -0.493 e. The lowest BCUT2D eigenvalue weighted by atomic mass is 9.90. The van der Waals surface area contributed by atoms with Crippen molar-refractivity contribution < 1.29 is 4.74 Å². The van der Waals surface area contributed by atoms with Crippen LogP contribution >= 0.6 is 15.9 Å². The Morgan fingerprint density at radius 2 is 1.95 bits per heavy atom. The molecule has 2 aliphatic rings. The number of fused-ring (bicyclic) bond motifs is 1. The van der Waals surface area contributed by atoms with E-state index < -0.39 is 0 Å². The zero-order valence-electron chi connectivity index (χ0n) is 11.1. The summed E-state index contributed by atoms with van der Waals surface area (Å²) in [7, 11) is 0. The first kappa shape index (κ1) is 13.4. The Labute approximate surface area is 123 Å². The van der Waals surface area contributed by atoms with Gasteiger partial charge in [0.25, 0.3) is 0 Å². The van der Waals surface area contributed by atoms with Crippen LogP contribution in [0.3, 0.4) is 0 Å². The molecule has 0 aromatic heterocycles. The van der Waals surface area contributed by atoms with Gasteiger partial charge in [-0.2, -0.15) is 0 Å². The normalized spacial score (nSPS) is 30.5. The molecule has 0 bridgehead atoms. The lowest BCUT2D eigenvalue weighted by Crippen LogP contribution is -2.40. The highest BCUT2D eigenvalue weighted by molar-refractivity contribution is 9.10. The first-order valence-corrected chi connectivity index (χ1v) is 7.95. The monoisotopic (exact) mass is 324 g/mol. The average Bonchev–Trinajstić information content (AvgIpc) is 2.42. The van der Waals surface area contributed by atoms with Crippen LogP contribution in [-0.4, -0.2) is 18.7 Å². The summed E-state index contributed by atoms with van der Waals surface area (Å²) >= 11 is 3.55. The molecule has 104 valence electrons. The third-order valence-electron chi connectivity index (χ3n) is 4.22. The summed E-state index contributed by atoms with van der Waals surface area (Å²) in [6.07, 6.45) is 5.73. The summed E-state index contributed by atoms with van der Waals surface area (Å²) in [6.45, 7) is 0.804. The van der Waals surface area contributed by atoms with Crippen molar-refractivity contribution in [1.29, 1.82) is 0 Å². The summed E-state index contributed by atoms with van der Waals surface area (Å²) in [5, 5.41) is 3.81. The maximum absolute atomic E-state index is 5.97. The van der Waals surface area contributed by atoms with Crippen LogP contribution in [0.25, 0.3) is 0 Å². The standard InChI is InChI=1S/C15H21BrN2O/c16-10-1-6-15-13(9-10)14(7-8-19-15)18-12-4-2-11(17)3-5-12/h1,6,9,11-12,14,18H,2-5,7-8,17H2. The van der Waals surface area contributed by atoms with Crippen LogP contribution in [-0.2, 0) is 0 Å². The van der Waals surface area contributed by atoms with Crippen molar-refractivity contribution in [3.05, 3.63) is 28.2 Å². The highest BCUT2D eigenvalue weighted by atomic mass is 79.9. The summed E-state index contributed by atoms with van der Waals surface area (Å²) in [5.41, 5.74) is 7.26. The third kappa shape index (κ3) is 3.12. The quantitative estimate of drug-likeness (QED) is 0.878. The van der Waals surface area contributed by atoms with Crippen molar-refractivity contribution in [3.63, 3.8) is 0 Å². The van der Waals surface area contributed by atoms with Gasteiger partial charge in [0.2, 0.25) is 0 Å². The van der Waals surface area contributed by atoms with Crippen molar-refractivity contribution in [2.75, 3.05) is 6.61 Å². The minimum absolute atomic E-state index is 0.411. The molecule has 1 aromatic carbocycles. The second kappa shape index (κ2) is 5.81. The molecule has 1 heterocycles. The molecule has 1 atom stereocenters. The van der Waals surface area contributed by atoms with E-state index in [-0.39, 0.29) is 0 Å². The predicted octanol–water partition coefficient (Wildman–Crippen LogP) is 3.13. The van der Waals surface area contributed by atoms with Gasteiger partial charge in [0, 0.05) is 34.6 Å². The largest absolute Gasteiger partial charge is 0.493 e. The SMILES string of the molecule is NC1CCC(NC2CCOc3ccc(Br)cc32)CC1. The van der Waals surface area contributed by atoms with Crippen LogP contribution in [0.1, 0.15) is 43.7 Å². The number of rotatable bonds is 2. The Morgan fingerprint density at radius 1 is 1.16 bits per heavy atom. The van der Waals surface area contributed by atoms with Gasteiger partial charge in [0.05, 0.1) is 6.61 Å². The maximum atomic E-state index is 5.97. The van der Waals surface area contributed by atoms with E-state index in [1.54, 1.807) is 0 Å². The molecular formula is C15H21BrN2O. The second-order valence-corrected chi connectivity index (χ2v) is 6.57. The molecule has 1 aliphatic carbocycles. The van der Waals surface area contributed by atoms with Crippen molar-refractivity contribution >= 4 is 15.9 Å². The summed E-state index contributed by atoms with van der Waals surface area (Å²) in [5.74, 6) is 1.03. The Bertz CT molecular complexity index is 444. The average molecular weight is 325 g/mol. The highest BCUT2D eigenvalue weighted by Crippen LogP contribution is 2.35. The van der Waals surface area contributed by atoms with E-state index in [4.69, 9.17) is 10.5 Å².